The zero-order valence-electron chi connectivity index (χ0n) is 8.88. The Hall–Kier alpha value is 0.310. The first-order valence-electron chi connectivity index (χ1n) is 5.45. The minimum atomic E-state index is 0.433. The average molecular weight is 202 g/mol. The highest BCUT2D eigenvalue weighted by Crippen LogP contribution is 2.42. The third-order valence-electron chi connectivity index (χ3n) is 3.12. The monoisotopic (exact) mass is 202 g/mol. The largest absolute Gasteiger partial charge is 0.378 e. The smallest absolute Gasteiger partial charge is 0.0547 e. The molecule has 0 bridgehead atoms. The van der Waals surface area contributed by atoms with Crippen molar-refractivity contribution in [3.63, 3.8) is 0 Å². The number of hydrogen-bond donors (Lipinski definition) is 1. The molecule has 0 N–H and O–H groups in total. The van der Waals surface area contributed by atoms with Crippen molar-refractivity contribution >= 4 is 12.6 Å². The molecule has 1 atom stereocenters. The summed E-state index contributed by atoms with van der Waals surface area (Å²) in [6.45, 7) is 5.31. The third kappa shape index (κ3) is 3.17. The lowest BCUT2D eigenvalue weighted by Gasteiger charge is -2.41. The molecular weight excluding hydrogens is 180 g/mol. The zero-order chi connectivity index (χ0) is 9.73. The lowest BCUT2D eigenvalue weighted by molar-refractivity contribution is -0.0284. The van der Waals surface area contributed by atoms with Gasteiger partial charge in [0.2, 0.25) is 0 Å². The van der Waals surface area contributed by atoms with E-state index < -0.39 is 0 Å². The van der Waals surface area contributed by atoms with E-state index in [1.165, 1.54) is 32.1 Å². The van der Waals surface area contributed by atoms with Gasteiger partial charge in [0.25, 0.3) is 0 Å². The minimum Gasteiger partial charge on any atom is -0.378 e. The van der Waals surface area contributed by atoms with Gasteiger partial charge in [0.1, 0.15) is 0 Å². The van der Waals surface area contributed by atoms with Gasteiger partial charge in [-0.25, -0.2) is 0 Å². The van der Waals surface area contributed by atoms with Crippen molar-refractivity contribution in [2.45, 2.75) is 52.1 Å². The van der Waals surface area contributed by atoms with Crippen LogP contribution in [0.15, 0.2) is 0 Å². The quantitative estimate of drug-likeness (QED) is 0.650. The normalized spacial score (nSPS) is 22.4. The lowest BCUT2D eigenvalue weighted by atomic mass is 9.71. The molecule has 0 aromatic rings. The molecule has 1 unspecified atom stereocenters. The second-order valence-corrected chi connectivity index (χ2v) is 4.74. The summed E-state index contributed by atoms with van der Waals surface area (Å²) in [6, 6.07) is 0. The summed E-state index contributed by atoms with van der Waals surface area (Å²) in [6.07, 6.45) is 6.83. The summed E-state index contributed by atoms with van der Waals surface area (Å²) < 4.78 is 5.83. The molecule has 0 aromatic heterocycles. The van der Waals surface area contributed by atoms with Gasteiger partial charge in [-0.15, -0.1) is 0 Å². The topological polar surface area (TPSA) is 9.23 Å². The summed E-state index contributed by atoms with van der Waals surface area (Å²) in [5.74, 6) is 0.992. The molecule has 0 amide bonds. The highest BCUT2D eigenvalue weighted by atomic mass is 32.1. The molecular formula is C11H22OS. The molecule has 0 aromatic carbocycles. The van der Waals surface area contributed by atoms with Gasteiger partial charge in [0.05, 0.1) is 12.7 Å². The van der Waals surface area contributed by atoms with E-state index in [1.54, 1.807) is 0 Å². The van der Waals surface area contributed by atoms with Crippen LogP contribution >= 0.6 is 12.6 Å². The zero-order valence-corrected chi connectivity index (χ0v) is 9.78. The molecule has 78 valence electrons. The fraction of sp³-hybridized carbons (Fsp3) is 1.00. The van der Waals surface area contributed by atoms with Gasteiger partial charge in [0.15, 0.2) is 0 Å². The van der Waals surface area contributed by atoms with Crippen molar-refractivity contribution < 1.29 is 4.74 Å². The Balaban J connectivity index is 2.16. The maximum absolute atomic E-state index is 5.83. The highest BCUT2D eigenvalue weighted by molar-refractivity contribution is 7.80. The molecule has 0 saturated heterocycles. The van der Waals surface area contributed by atoms with Crippen molar-refractivity contribution in [3.8, 4) is 0 Å². The summed E-state index contributed by atoms with van der Waals surface area (Å²) in [5.41, 5.74) is 0.436. The molecule has 1 aliphatic rings. The fourth-order valence-corrected chi connectivity index (χ4v) is 2.24. The predicted molar refractivity (Wildman–Crippen MR) is 60.5 cm³/mol. The molecule has 0 aliphatic heterocycles. The maximum Gasteiger partial charge on any atom is 0.0547 e. The van der Waals surface area contributed by atoms with Crippen LogP contribution in [0.3, 0.4) is 0 Å². The van der Waals surface area contributed by atoms with Gasteiger partial charge in [-0.3, -0.25) is 0 Å². The van der Waals surface area contributed by atoms with E-state index >= 15 is 0 Å². The van der Waals surface area contributed by atoms with Gasteiger partial charge < -0.3 is 4.74 Å². The van der Waals surface area contributed by atoms with E-state index in [9.17, 15) is 0 Å². The van der Waals surface area contributed by atoms with E-state index in [0.717, 1.165) is 12.4 Å². The standard InChI is InChI=1S/C11H22OS/c1-3-5-10(2)12-8-11(9-13)6-4-7-11/h10,13H,3-9H2,1-2H3. The molecule has 1 fully saturated rings. The predicted octanol–water partition coefficient (Wildman–Crippen LogP) is 3.29. The Morgan fingerprint density at radius 3 is 2.54 bits per heavy atom. The second kappa shape index (κ2) is 5.26. The molecule has 1 rings (SSSR count). The maximum atomic E-state index is 5.83. The molecule has 1 saturated carbocycles. The number of rotatable bonds is 6. The average Bonchev–Trinajstić information content (AvgIpc) is 2.04. The van der Waals surface area contributed by atoms with Crippen LogP contribution in [0.2, 0.25) is 0 Å². The number of thiol groups is 1. The van der Waals surface area contributed by atoms with E-state index in [1.807, 2.05) is 0 Å². The van der Waals surface area contributed by atoms with Gasteiger partial charge in [-0.2, -0.15) is 12.6 Å². The minimum absolute atomic E-state index is 0.433. The Morgan fingerprint density at radius 2 is 2.15 bits per heavy atom. The SMILES string of the molecule is CCCC(C)OCC1(CS)CCC1. The van der Waals surface area contributed by atoms with Crippen LogP contribution in [0.25, 0.3) is 0 Å². The third-order valence-corrected chi connectivity index (χ3v) is 3.79. The van der Waals surface area contributed by atoms with Crippen molar-refractivity contribution in [3.05, 3.63) is 0 Å². The summed E-state index contributed by atoms with van der Waals surface area (Å²) in [5, 5.41) is 0. The van der Waals surface area contributed by atoms with Gasteiger partial charge in [-0.1, -0.05) is 19.8 Å². The van der Waals surface area contributed by atoms with Crippen LogP contribution in [0.5, 0.6) is 0 Å². The lowest BCUT2D eigenvalue weighted by Crippen LogP contribution is -2.37. The van der Waals surface area contributed by atoms with Gasteiger partial charge in [0, 0.05) is 5.41 Å². The van der Waals surface area contributed by atoms with Gasteiger partial charge in [-0.05, 0) is 31.9 Å². The van der Waals surface area contributed by atoms with Crippen molar-refractivity contribution in [1.29, 1.82) is 0 Å². The van der Waals surface area contributed by atoms with Crippen LogP contribution in [0.1, 0.15) is 46.0 Å². The van der Waals surface area contributed by atoms with Crippen molar-refractivity contribution in [2.75, 3.05) is 12.4 Å². The van der Waals surface area contributed by atoms with Crippen LogP contribution < -0.4 is 0 Å². The fourth-order valence-electron chi connectivity index (χ4n) is 1.83. The Kier molecular flexibility index (Phi) is 4.60. The van der Waals surface area contributed by atoms with Crippen LogP contribution in [-0.4, -0.2) is 18.5 Å². The number of hydrogen-bond acceptors (Lipinski definition) is 2. The Morgan fingerprint density at radius 1 is 1.46 bits per heavy atom. The number of ether oxygens (including phenoxy) is 1. The van der Waals surface area contributed by atoms with Crippen molar-refractivity contribution in [1.82, 2.24) is 0 Å². The summed E-state index contributed by atoms with van der Waals surface area (Å²) >= 11 is 4.41. The molecule has 0 spiro atoms. The first kappa shape index (κ1) is 11.4. The van der Waals surface area contributed by atoms with Crippen LogP contribution in [0, 0.1) is 5.41 Å². The van der Waals surface area contributed by atoms with E-state index in [-0.39, 0.29) is 0 Å². The molecule has 13 heavy (non-hydrogen) atoms. The Bertz CT molecular complexity index is 138. The second-order valence-electron chi connectivity index (χ2n) is 4.42. The van der Waals surface area contributed by atoms with Crippen molar-refractivity contribution in [2.24, 2.45) is 5.41 Å². The van der Waals surface area contributed by atoms with Crippen LogP contribution in [-0.2, 0) is 4.74 Å². The summed E-state index contributed by atoms with van der Waals surface area (Å²) in [4.78, 5) is 0. The van der Waals surface area contributed by atoms with Crippen LogP contribution in [0.4, 0.5) is 0 Å². The Labute approximate surface area is 87.7 Å². The highest BCUT2D eigenvalue weighted by Gasteiger charge is 2.36. The van der Waals surface area contributed by atoms with E-state index in [2.05, 4.69) is 26.5 Å². The molecule has 1 nitrogen and oxygen atoms in total. The van der Waals surface area contributed by atoms with Gasteiger partial charge >= 0.3 is 0 Å². The summed E-state index contributed by atoms with van der Waals surface area (Å²) in [7, 11) is 0. The van der Waals surface area contributed by atoms with E-state index in [0.29, 0.717) is 11.5 Å². The molecule has 2 heteroatoms. The molecule has 0 heterocycles. The first-order chi connectivity index (χ1) is 6.22. The van der Waals surface area contributed by atoms with E-state index in [4.69, 9.17) is 4.74 Å². The first-order valence-corrected chi connectivity index (χ1v) is 6.08. The molecule has 0 radical (unpaired) electrons. The molecule has 1 aliphatic carbocycles.